The number of ether oxygens (including phenoxy) is 2. The SMILES string of the molecule is COc1ccc(CCC(=O)Nc2cc(Cl)c(O)cc2F)cc1OC. The molecule has 0 heterocycles. The quantitative estimate of drug-likeness (QED) is 0.776. The highest BCUT2D eigenvalue weighted by Gasteiger charge is 2.12. The second kappa shape index (κ2) is 7.88. The Morgan fingerprint density at radius 1 is 1.21 bits per heavy atom. The van der Waals surface area contributed by atoms with Crippen molar-refractivity contribution >= 4 is 23.2 Å². The van der Waals surface area contributed by atoms with E-state index in [1.807, 2.05) is 6.07 Å². The fourth-order valence-electron chi connectivity index (χ4n) is 2.14. The lowest BCUT2D eigenvalue weighted by atomic mass is 10.1. The number of phenolic OH excluding ortho intramolecular Hbond substituents is 1. The van der Waals surface area contributed by atoms with Crippen LogP contribution in [0.4, 0.5) is 10.1 Å². The van der Waals surface area contributed by atoms with Crippen molar-refractivity contribution in [2.75, 3.05) is 19.5 Å². The van der Waals surface area contributed by atoms with Crippen molar-refractivity contribution in [2.45, 2.75) is 12.8 Å². The molecule has 1 amide bonds. The van der Waals surface area contributed by atoms with Gasteiger partial charge in [0.25, 0.3) is 0 Å². The van der Waals surface area contributed by atoms with Crippen LogP contribution in [0.1, 0.15) is 12.0 Å². The van der Waals surface area contributed by atoms with Gasteiger partial charge in [-0.05, 0) is 30.2 Å². The number of carbonyl (C=O) groups excluding carboxylic acids is 1. The van der Waals surface area contributed by atoms with Crippen molar-refractivity contribution in [3.63, 3.8) is 0 Å². The first-order valence-electron chi connectivity index (χ1n) is 7.13. The minimum Gasteiger partial charge on any atom is -0.506 e. The van der Waals surface area contributed by atoms with Gasteiger partial charge in [0.2, 0.25) is 5.91 Å². The maximum atomic E-state index is 13.7. The summed E-state index contributed by atoms with van der Waals surface area (Å²) >= 11 is 5.71. The molecule has 2 rings (SSSR count). The number of methoxy groups -OCH3 is 2. The van der Waals surface area contributed by atoms with Crippen LogP contribution in [-0.2, 0) is 11.2 Å². The highest BCUT2D eigenvalue weighted by molar-refractivity contribution is 6.32. The molecule has 0 spiro atoms. The number of halogens is 2. The average molecular weight is 354 g/mol. The van der Waals surface area contributed by atoms with Gasteiger partial charge in [-0.15, -0.1) is 0 Å². The first kappa shape index (κ1) is 17.9. The van der Waals surface area contributed by atoms with Crippen LogP contribution in [0.2, 0.25) is 5.02 Å². The lowest BCUT2D eigenvalue weighted by molar-refractivity contribution is -0.116. The summed E-state index contributed by atoms with van der Waals surface area (Å²) in [6.07, 6.45) is 0.590. The van der Waals surface area contributed by atoms with E-state index < -0.39 is 5.82 Å². The zero-order valence-electron chi connectivity index (χ0n) is 13.2. The number of benzene rings is 2. The van der Waals surface area contributed by atoms with Gasteiger partial charge in [0.15, 0.2) is 11.5 Å². The fraction of sp³-hybridized carbons (Fsp3) is 0.235. The predicted molar refractivity (Wildman–Crippen MR) is 89.6 cm³/mol. The molecule has 0 aromatic heterocycles. The Kier molecular flexibility index (Phi) is 5.87. The average Bonchev–Trinajstić information content (AvgIpc) is 2.57. The molecule has 0 aliphatic carbocycles. The van der Waals surface area contributed by atoms with Gasteiger partial charge in [-0.25, -0.2) is 4.39 Å². The molecule has 2 aromatic carbocycles. The van der Waals surface area contributed by atoms with Gasteiger partial charge in [0, 0.05) is 12.5 Å². The Labute approximate surface area is 144 Å². The topological polar surface area (TPSA) is 67.8 Å². The van der Waals surface area contributed by atoms with Gasteiger partial charge in [-0.2, -0.15) is 0 Å². The van der Waals surface area contributed by atoms with Gasteiger partial charge in [-0.1, -0.05) is 17.7 Å². The molecule has 0 saturated heterocycles. The molecule has 24 heavy (non-hydrogen) atoms. The number of aromatic hydroxyl groups is 1. The molecule has 0 radical (unpaired) electrons. The fourth-order valence-corrected chi connectivity index (χ4v) is 2.30. The van der Waals surface area contributed by atoms with Gasteiger partial charge in [0.1, 0.15) is 11.6 Å². The summed E-state index contributed by atoms with van der Waals surface area (Å²) in [7, 11) is 3.08. The second-order valence-corrected chi connectivity index (χ2v) is 5.43. The predicted octanol–water partition coefficient (Wildman–Crippen LogP) is 3.77. The number of anilines is 1. The van der Waals surface area contributed by atoms with Crippen LogP contribution in [0.3, 0.4) is 0 Å². The molecule has 2 N–H and O–H groups in total. The number of amides is 1. The van der Waals surface area contributed by atoms with E-state index >= 15 is 0 Å². The van der Waals surface area contributed by atoms with Crippen LogP contribution in [0.15, 0.2) is 30.3 Å². The van der Waals surface area contributed by atoms with Crippen molar-refractivity contribution in [1.29, 1.82) is 0 Å². The van der Waals surface area contributed by atoms with Crippen LogP contribution in [-0.4, -0.2) is 25.2 Å². The third kappa shape index (κ3) is 4.29. The number of rotatable bonds is 6. The Bertz CT molecular complexity index is 752. The van der Waals surface area contributed by atoms with Crippen molar-refractivity contribution in [3.05, 3.63) is 46.7 Å². The third-order valence-electron chi connectivity index (χ3n) is 3.40. The summed E-state index contributed by atoms with van der Waals surface area (Å²) in [4.78, 5) is 12.0. The van der Waals surface area contributed by atoms with Crippen LogP contribution in [0.5, 0.6) is 17.2 Å². The molecule has 128 valence electrons. The number of hydrogen-bond donors (Lipinski definition) is 2. The number of carbonyl (C=O) groups is 1. The highest BCUT2D eigenvalue weighted by Crippen LogP contribution is 2.30. The van der Waals surface area contributed by atoms with E-state index in [2.05, 4.69) is 5.32 Å². The molecular weight excluding hydrogens is 337 g/mol. The van der Waals surface area contributed by atoms with E-state index in [1.54, 1.807) is 19.2 Å². The lowest BCUT2D eigenvalue weighted by Crippen LogP contribution is -2.13. The molecule has 7 heteroatoms. The summed E-state index contributed by atoms with van der Waals surface area (Å²) < 4.78 is 24.0. The number of phenols is 1. The Hall–Kier alpha value is -2.47. The maximum Gasteiger partial charge on any atom is 0.224 e. The summed E-state index contributed by atoms with van der Waals surface area (Å²) in [6.45, 7) is 0. The van der Waals surface area contributed by atoms with Crippen LogP contribution in [0.25, 0.3) is 0 Å². The van der Waals surface area contributed by atoms with Gasteiger partial charge < -0.3 is 19.9 Å². The molecule has 5 nitrogen and oxygen atoms in total. The second-order valence-electron chi connectivity index (χ2n) is 5.02. The smallest absolute Gasteiger partial charge is 0.224 e. The minimum atomic E-state index is -0.753. The minimum absolute atomic E-state index is 0.0356. The summed E-state index contributed by atoms with van der Waals surface area (Å²) in [5.41, 5.74) is 0.808. The van der Waals surface area contributed by atoms with Crippen molar-refractivity contribution in [1.82, 2.24) is 0 Å². The van der Waals surface area contributed by atoms with Gasteiger partial charge in [0.05, 0.1) is 24.9 Å². The Balaban J connectivity index is 2.00. The number of nitrogens with one attached hydrogen (secondary N) is 1. The first-order valence-corrected chi connectivity index (χ1v) is 7.51. The standard InChI is InChI=1S/C17H17ClFNO4/c1-23-15-5-3-10(7-16(15)24-2)4-6-17(22)20-13-8-11(18)14(21)9-12(13)19/h3,5,7-9,21H,4,6H2,1-2H3,(H,20,22). The summed E-state index contributed by atoms with van der Waals surface area (Å²) in [6, 6.07) is 7.38. The van der Waals surface area contributed by atoms with E-state index in [1.165, 1.54) is 13.2 Å². The van der Waals surface area contributed by atoms with Crippen LogP contribution in [0, 0.1) is 5.82 Å². The molecule has 0 aliphatic heterocycles. The van der Waals surface area contributed by atoms with E-state index in [9.17, 15) is 14.3 Å². The number of aryl methyl sites for hydroxylation is 1. The van der Waals surface area contributed by atoms with E-state index in [-0.39, 0.29) is 28.8 Å². The van der Waals surface area contributed by atoms with E-state index in [0.29, 0.717) is 17.9 Å². The van der Waals surface area contributed by atoms with Gasteiger partial charge in [-0.3, -0.25) is 4.79 Å². The zero-order valence-corrected chi connectivity index (χ0v) is 14.0. The van der Waals surface area contributed by atoms with Crippen LogP contribution >= 0.6 is 11.6 Å². The van der Waals surface area contributed by atoms with E-state index in [4.69, 9.17) is 21.1 Å². The molecule has 0 unspecified atom stereocenters. The van der Waals surface area contributed by atoms with Gasteiger partial charge >= 0.3 is 0 Å². The Morgan fingerprint density at radius 3 is 2.58 bits per heavy atom. The van der Waals surface area contributed by atoms with Crippen molar-refractivity contribution in [2.24, 2.45) is 0 Å². The largest absolute Gasteiger partial charge is 0.506 e. The van der Waals surface area contributed by atoms with Crippen molar-refractivity contribution in [3.8, 4) is 17.2 Å². The third-order valence-corrected chi connectivity index (χ3v) is 3.70. The van der Waals surface area contributed by atoms with Crippen LogP contribution < -0.4 is 14.8 Å². The molecule has 2 aromatic rings. The molecule has 0 atom stereocenters. The lowest BCUT2D eigenvalue weighted by Gasteiger charge is -2.10. The first-order chi connectivity index (χ1) is 11.4. The molecule has 0 aliphatic rings. The Morgan fingerprint density at radius 2 is 1.92 bits per heavy atom. The molecule has 0 saturated carbocycles. The number of hydrogen-bond acceptors (Lipinski definition) is 4. The van der Waals surface area contributed by atoms with E-state index in [0.717, 1.165) is 11.6 Å². The summed E-state index contributed by atoms with van der Waals surface area (Å²) in [5.74, 6) is -0.322. The normalized spacial score (nSPS) is 10.3. The molecule has 0 bridgehead atoms. The molecular formula is C17H17ClFNO4. The summed E-state index contributed by atoms with van der Waals surface area (Å²) in [5, 5.41) is 11.7. The zero-order chi connectivity index (χ0) is 17.7. The monoisotopic (exact) mass is 353 g/mol. The van der Waals surface area contributed by atoms with Crippen molar-refractivity contribution < 1.29 is 23.8 Å². The molecule has 0 fully saturated rings. The highest BCUT2D eigenvalue weighted by atomic mass is 35.5. The maximum absolute atomic E-state index is 13.7.